The molecule has 0 spiro atoms. The van der Waals surface area contributed by atoms with E-state index in [0.717, 1.165) is 11.8 Å². The molecule has 1 amide bonds. The number of methoxy groups -OCH3 is 1. The summed E-state index contributed by atoms with van der Waals surface area (Å²) in [4.78, 5) is 31.9. The van der Waals surface area contributed by atoms with Gasteiger partial charge in [0.05, 0.1) is 24.7 Å². The van der Waals surface area contributed by atoms with Crippen LogP contribution in [0.25, 0.3) is 0 Å². The van der Waals surface area contributed by atoms with Gasteiger partial charge in [0.25, 0.3) is 0 Å². The number of carbonyl (C=O) groups excluding carboxylic acids is 2. The first-order valence-electron chi connectivity index (χ1n) is 7.65. The largest absolute Gasteiger partial charge is 0.495 e. The van der Waals surface area contributed by atoms with Crippen LogP contribution in [0.5, 0.6) is 5.75 Å². The van der Waals surface area contributed by atoms with Crippen molar-refractivity contribution >= 4 is 35.0 Å². The van der Waals surface area contributed by atoms with Crippen molar-refractivity contribution in [2.75, 3.05) is 23.9 Å². The number of Topliss-reactive ketones (excluding diaryl/α,β-unsaturated/α-hetero) is 1. The third kappa shape index (κ3) is 4.70. The average molecular weight is 371 g/mol. The van der Waals surface area contributed by atoms with E-state index in [-0.39, 0.29) is 28.8 Å². The minimum atomic E-state index is -0.159. The Bertz CT molecular complexity index is 879. The normalized spacial score (nSPS) is 10.0. The van der Waals surface area contributed by atoms with E-state index in [2.05, 4.69) is 15.3 Å². The van der Waals surface area contributed by atoms with E-state index in [1.165, 1.54) is 13.3 Å². The predicted octanol–water partition coefficient (Wildman–Crippen LogP) is 2.26. The Labute approximate surface area is 154 Å². The molecule has 9 heteroatoms. The average Bonchev–Trinajstić information content (AvgIpc) is 2.66. The van der Waals surface area contributed by atoms with Gasteiger partial charge in [0.2, 0.25) is 5.91 Å². The fourth-order valence-corrected chi connectivity index (χ4v) is 2.67. The molecule has 0 radical (unpaired) electrons. The van der Waals surface area contributed by atoms with Crippen LogP contribution >= 0.6 is 11.8 Å². The summed E-state index contributed by atoms with van der Waals surface area (Å²) in [6.07, 6.45) is 1.66. The SMILES string of the molecule is CCC(=O)Nc1ccc(C(=O)CSc2ncc(C#N)c(N)n2)cc1OC. The molecule has 2 rings (SSSR count). The molecule has 2 aromatic rings. The molecule has 0 fully saturated rings. The number of nitrogens with zero attached hydrogens (tertiary/aromatic N) is 3. The smallest absolute Gasteiger partial charge is 0.224 e. The number of ketones is 1. The van der Waals surface area contributed by atoms with Crippen LogP contribution in [0.4, 0.5) is 11.5 Å². The van der Waals surface area contributed by atoms with Gasteiger partial charge >= 0.3 is 0 Å². The van der Waals surface area contributed by atoms with Gasteiger partial charge in [-0.15, -0.1) is 0 Å². The van der Waals surface area contributed by atoms with Gasteiger partial charge < -0.3 is 15.8 Å². The van der Waals surface area contributed by atoms with E-state index in [4.69, 9.17) is 15.7 Å². The second-order valence-corrected chi connectivity index (χ2v) is 6.03. The topological polar surface area (TPSA) is 131 Å². The lowest BCUT2D eigenvalue weighted by atomic mass is 10.1. The van der Waals surface area contributed by atoms with Crippen LogP contribution in [0.3, 0.4) is 0 Å². The molecule has 0 aliphatic rings. The molecule has 0 bridgehead atoms. The van der Waals surface area contributed by atoms with Gasteiger partial charge in [-0.1, -0.05) is 18.7 Å². The van der Waals surface area contributed by atoms with Crippen LogP contribution in [0.1, 0.15) is 29.3 Å². The van der Waals surface area contributed by atoms with E-state index in [1.54, 1.807) is 25.1 Å². The number of hydrogen-bond acceptors (Lipinski definition) is 8. The highest BCUT2D eigenvalue weighted by molar-refractivity contribution is 7.99. The van der Waals surface area contributed by atoms with Crippen molar-refractivity contribution < 1.29 is 14.3 Å². The molecule has 0 aliphatic heterocycles. The number of aromatic nitrogens is 2. The second-order valence-electron chi connectivity index (χ2n) is 5.09. The molecule has 8 nitrogen and oxygen atoms in total. The minimum Gasteiger partial charge on any atom is -0.495 e. The van der Waals surface area contributed by atoms with Crippen molar-refractivity contribution in [3.05, 3.63) is 35.5 Å². The summed E-state index contributed by atoms with van der Waals surface area (Å²) >= 11 is 1.12. The number of nitriles is 1. The number of hydrogen-bond donors (Lipinski definition) is 2. The van der Waals surface area contributed by atoms with Gasteiger partial charge in [-0.2, -0.15) is 5.26 Å². The Morgan fingerprint density at radius 2 is 2.19 bits per heavy atom. The number of anilines is 2. The molecule has 0 unspecified atom stereocenters. The van der Waals surface area contributed by atoms with Gasteiger partial charge in [0, 0.05) is 12.0 Å². The van der Waals surface area contributed by atoms with Crippen LogP contribution < -0.4 is 15.8 Å². The summed E-state index contributed by atoms with van der Waals surface area (Å²) in [5.41, 5.74) is 6.76. The lowest BCUT2D eigenvalue weighted by Gasteiger charge is -2.11. The van der Waals surface area contributed by atoms with Gasteiger partial charge in [-0.3, -0.25) is 9.59 Å². The van der Waals surface area contributed by atoms with Crippen LogP contribution in [-0.4, -0.2) is 34.5 Å². The number of nitrogens with two attached hydrogens (primary N) is 1. The first-order valence-corrected chi connectivity index (χ1v) is 8.63. The molecule has 1 heterocycles. The summed E-state index contributed by atoms with van der Waals surface area (Å²) in [5, 5.41) is 11.8. The Hall–Kier alpha value is -3.12. The van der Waals surface area contributed by atoms with E-state index in [0.29, 0.717) is 28.6 Å². The minimum absolute atomic E-state index is 0.0788. The Morgan fingerprint density at radius 3 is 2.81 bits per heavy atom. The number of nitrogen functional groups attached to an aromatic ring is 1. The van der Waals surface area contributed by atoms with E-state index < -0.39 is 0 Å². The molecule has 0 aliphatic carbocycles. The highest BCUT2D eigenvalue weighted by Gasteiger charge is 2.13. The quantitative estimate of drug-likeness (QED) is 0.430. The van der Waals surface area contributed by atoms with Crippen molar-refractivity contribution in [1.82, 2.24) is 9.97 Å². The van der Waals surface area contributed by atoms with Crippen LogP contribution in [0.2, 0.25) is 0 Å². The lowest BCUT2D eigenvalue weighted by Crippen LogP contribution is -2.11. The first kappa shape index (κ1) is 19.2. The zero-order chi connectivity index (χ0) is 19.1. The summed E-state index contributed by atoms with van der Waals surface area (Å²) in [7, 11) is 1.47. The molecule has 3 N–H and O–H groups in total. The van der Waals surface area contributed by atoms with Gasteiger partial charge in [0.15, 0.2) is 10.9 Å². The summed E-state index contributed by atoms with van der Waals surface area (Å²) in [6.45, 7) is 1.74. The van der Waals surface area contributed by atoms with E-state index >= 15 is 0 Å². The monoisotopic (exact) mass is 371 g/mol. The maximum Gasteiger partial charge on any atom is 0.224 e. The van der Waals surface area contributed by atoms with Gasteiger partial charge in [-0.05, 0) is 18.2 Å². The van der Waals surface area contributed by atoms with Crippen molar-refractivity contribution in [3.8, 4) is 11.8 Å². The number of thioether (sulfide) groups is 1. The maximum absolute atomic E-state index is 12.4. The molecule has 134 valence electrons. The van der Waals surface area contributed by atoms with Gasteiger partial charge in [-0.25, -0.2) is 9.97 Å². The highest BCUT2D eigenvalue weighted by Crippen LogP contribution is 2.27. The summed E-state index contributed by atoms with van der Waals surface area (Å²) in [5.74, 6) is 0.271. The summed E-state index contributed by atoms with van der Waals surface area (Å²) < 4.78 is 5.24. The summed E-state index contributed by atoms with van der Waals surface area (Å²) in [6, 6.07) is 6.69. The number of ether oxygens (including phenoxy) is 1. The number of rotatable bonds is 7. The fourth-order valence-electron chi connectivity index (χ4n) is 1.95. The molecule has 1 aromatic carbocycles. The number of nitrogens with one attached hydrogen (secondary N) is 1. The van der Waals surface area contributed by atoms with Crippen molar-refractivity contribution in [1.29, 1.82) is 5.26 Å². The Balaban J connectivity index is 2.08. The predicted molar refractivity (Wildman–Crippen MR) is 98.1 cm³/mol. The van der Waals surface area contributed by atoms with Crippen molar-refractivity contribution in [2.24, 2.45) is 0 Å². The molecular formula is C17H17N5O3S. The Morgan fingerprint density at radius 1 is 1.42 bits per heavy atom. The number of carbonyl (C=O) groups is 2. The highest BCUT2D eigenvalue weighted by atomic mass is 32.2. The van der Waals surface area contributed by atoms with Crippen molar-refractivity contribution in [3.63, 3.8) is 0 Å². The van der Waals surface area contributed by atoms with Crippen LogP contribution in [-0.2, 0) is 4.79 Å². The number of benzene rings is 1. The standard InChI is InChI=1S/C17H17N5O3S/c1-3-15(24)21-12-5-4-10(6-14(12)25-2)13(23)9-26-17-20-8-11(7-18)16(19)22-17/h4-6,8H,3,9H2,1-2H3,(H,21,24)(H2,19,20,22). The fraction of sp³-hybridized carbons (Fsp3) is 0.235. The van der Waals surface area contributed by atoms with Crippen LogP contribution in [0, 0.1) is 11.3 Å². The van der Waals surface area contributed by atoms with E-state index in [1.807, 2.05) is 6.07 Å². The van der Waals surface area contributed by atoms with Crippen molar-refractivity contribution in [2.45, 2.75) is 18.5 Å². The molecule has 1 aromatic heterocycles. The van der Waals surface area contributed by atoms with Crippen LogP contribution in [0.15, 0.2) is 29.6 Å². The second kappa shape index (κ2) is 8.82. The molecule has 0 saturated heterocycles. The van der Waals surface area contributed by atoms with E-state index in [9.17, 15) is 9.59 Å². The third-order valence-electron chi connectivity index (χ3n) is 3.37. The lowest BCUT2D eigenvalue weighted by molar-refractivity contribution is -0.115. The molecule has 0 saturated carbocycles. The molecular weight excluding hydrogens is 354 g/mol. The van der Waals surface area contributed by atoms with Gasteiger partial charge in [0.1, 0.15) is 23.2 Å². The zero-order valence-corrected chi connectivity index (χ0v) is 15.1. The Kier molecular flexibility index (Phi) is 6.52. The maximum atomic E-state index is 12.4. The molecule has 26 heavy (non-hydrogen) atoms. The third-order valence-corrected chi connectivity index (χ3v) is 4.23. The first-order chi connectivity index (χ1) is 12.5. The molecule has 0 atom stereocenters. The number of amides is 1. The zero-order valence-electron chi connectivity index (χ0n) is 14.3.